The first-order valence-electron chi connectivity index (χ1n) is 9.71. The molecule has 1 aliphatic heterocycles. The molecule has 2 aromatic rings. The van der Waals surface area contributed by atoms with Crippen LogP contribution in [0.1, 0.15) is 49.4 Å². The quantitative estimate of drug-likeness (QED) is 0.758. The fraction of sp³-hybridized carbons (Fsp3) is 0.429. The molecule has 3 amide bonds. The highest BCUT2D eigenvalue weighted by molar-refractivity contribution is 6.20. The number of carbonyl (C=O) groups excluding carboxylic acids is 3. The largest absolute Gasteiger partial charge is 0.444 e. The Labute approximate surface area is 175 Å². The van der Waals surface area contributed by atoms with Crippen LogP contribution < -0.4 is 10.6 Å². The highest BCUT2D eigenvalue weighted by Gasteiger charge is 2.34. The lowest BCUT2D eigenvalue weighted by molar-refractivity contribution is -0.116. The number of imide groups is 1. The molecule has 3 rings (SSSR count). The minimum atomic E-state index is -0.620. The second kappa shape index (κ2) is 7.81. The van der Waals surface area contributed by atoms with Crippen molar-refractivity contribution in [2.24, 2.45) is 7.05 Å². The predicted molar refractivity (Wildman–Crippen MR) is 112 cm³/mol. The van der Waals surface area contributed by atoms with Crippen LogP contribution in [0.4, 0.5) is 16.2 Å². The molecule has 30 heavy (non-hydrogen) atoms. The number of benzene rings is 1. The maximum Gasteiger partial charge on any atom is 0.410 e. The van der Waals surface area contributed by atoms with Gasteiger partial charge in [-0.3, -0.25) is 14.3 Å². The number of nitrogen functional groups attached to an aromatic ring is 1. The molecule has 0 aliphatic carbocycles. The average molecular weight is 413 g/mol. The normalized spacial score (nSPS) is 13.6. The number of rotatable bonds is 2. The number of hydrogen-bond donors (Lipinski definition) is 1. The zero-order chi connectivity index (χ0) is 22.2. The van der Waals surface area contributed by atoms with E-state index < -0.39 is 23.5 Å². The predicted octanol–water partition coefficient (Wildman–Crippen LogP) is 2.49. The molecule has 0 saturated carbocycles. The maximum absolute atomic E-state index is 13.4. The van der Waals surface area contributed by atoms with Gasteiger partial charge in [0.1, 0.15) is 11.3 Å². The molecule has 0 spiro atoms. The van der Waals surface area contributed by atoms with Gasteiger partial charge in [-0.05, 0) is 45.0 Å². The summed E-state index contributed by atoms with van der Waals surface area (Å²) in [6, 6.07) is 6.48. The van der Waals surface area contributed by atoms with Crippen molar-refractivity contribution in [3.8, 4) is 0 Å². The third-order valence-corrected chi connectivity index (χ3v) is 4.72. The van der Waals surface area contributed by atoms with Gasteiger partial charge >= 0.3 is 6.09 Å². The van der Waals surface area contributed by atoms with E-state index in [1.807, 2.05) is 0 Å². The van der Waals surface area contributed by atoms with Crippen molar-refractivity contribution in [3.63, 3.8) is 0 Å². The molecule has 160 valence electrons. The smallest absolute Gasteiger partial charge is 0.410 e. The maximum atomic E-state index is 13.4. The topological polar surface area (TPSA) is 111 Å². The van der Waals surface area contributed by atoms with Gasteiger partial charge in [0.05, 0.1) is 17.9 Å². The molecule has 2 N–H and O–H groups in total. The summed E-state index contributed by atoms with van der Waals surface area (Å²) < 4.78 is 6.94. The first-order valence-corrected chi connectivity index (χ1v) is 9.71. The van der Waals surface area contributed by atoms with Crippen LogP contribution in [0.2, 0.25) is 0 Å². The highest BCUT2D eigenvalue weighted by atomic mass is 16.6. The van der Waals surface area contributed by atoms with Crippen molar-refractivity contribution in [2.75, 3.05) is 17.2 Å². The van der Waals surface area contributed by atoms with Crippen LogP contribution in [0, 0.1) is 0 Å². The van der Waals surface area contributed by atoms with Crippen LogP contribution in [0.25, 0.3) is 0 Å². The fourth-order valence-corrected chi connectivity index (χ4v) is 3.42. The molecular weight excluding hydrogens is 386 g/mol. The average Bonchev–Trinajstić information content (AvgIpc) is 2.96. The van der Waals surface area contributed by atoms with Crippen molar-refractivity contribution < 1.29 is 19.1 Å². The number of amides is 3. The summed E-state index contributed by atoms with van der Waals surface area (Å²) >= 11 is 0. The van der Waals surface area contributed by atoms with Crippen molar-refractivity contribution in [3.05, 3.63) is 41.2 Å². The lowest BCUT2D eigenvalue weighted by Gasteiger charge is -2.30. The number of aromatic nitrogens is 2. The Kier molecular flexibility index (Phi) is 5.56. The summed E-state index contributed by atoms with van der Waals surface area (Å²) in [5, 5.41) is 4.45. The second-order valence-corrected chi connectivity index (χ2v) is 8.30. The summed E-state index contributed by atoms with van der Waals surface area (Å²) in [5.41, 5.74) is 7.68. The van der Waals surface area contributed by atoms with Crippen LogP contribution >= 0.6 is 0 Å². The molecule has 1 aromatic heterocycles. The molecule has 2 heterocycles. The number of anilines is 2. The van der Waals surface area contributed by atoms with E-state index in [1.165, 1.54) is 11.6 Å². The van der Waals surface area contributed by atoms with E-state index in [0.717, 1.165) is 10.6 Å². The van der Waals surface area contributed by atoms with Crippen LogP contribution in [0.3, 0.4) is 0 Å². The highest BCUT2D eigenvalue weighted by Crippen LogP contribution is 2.27. The third kappa shape index (κ3) is 4.29. The zero-order valence-electron chi connectivity index (χ0n) is 17.9. The van der Waals surface area contributed by atoms with Gasteiger partial charge in [-0.25, -0.2) is 9.69 Å². The Hall–Kier alpha value is -3.36. The molecule has 0 saturated heterocycles. The van der Waals surface area contributed by atoms with E-state index in [1.54, 1.807) is 57.0 Å². The number of ether oxygens (including phenoxy) is 1. The van der Waals surface area contributed by atoms with Gasteiger partial charge in [-0.1, -0.05) is 0 Å². The molecule has 9 nitrogen and oxygen atoms in total. The van der Waals surface area contributed by atoms with Crippen LogP contribution in [-0.4, -0.2) is 44.7 Å². The first-order chi connectivity index (χ1) is 14.0. The van der Waals surface area contributed by atoms with Crippen molar-refractivity contribution in [2.45, 2.75) is 46.3 Å². The SMILES string of the molecule is CC(=O)N(C(=O)c1c2c(nn1C)CCN(C(=O)OC(C)(C)C)C2)c1ccc(N)cc1. The van der Waals surface area contributed by atoms with Crippen LogP contribution in [-0.2, 0) is 29.5 Å². The van der Waals surface area contributed by atoms with Gasteiger partial charge in [-0.2, -0.15) is 5.10 Å². The molecule has 1 aromatic carbocycles. The van der Waals surface area contributed by atoms with Gasteiger partial charge in [0, 0.05) is 38.2 Å². The van der Waals surface area contributed by atoms with E-state index in [9.17, 15) is 14.4 Å². The minimum Gasteiger partial charge on any atom is -0.444 e. The Morgan fingerprint density at radius 2 is 1.80 bits per heavy atom. The Balaban J connectivity index is 1.95. The van der Waals surface area contributed by atoms with E-state index in [2.05, 4.69) is 5.10 Å². The molecule has 0 bridgehead atoms. The van der Waals surface area contributed by atoms with Gasteiger partial charge < -0.3 is 15.4 Å². The molecule has 0 unspecified atom stereocenters. The lowest BCUT2D eigenvalue weighted by atomic mass is 10.0. The van der Waals surface area contributed by atoms with Crippen LogP contribution in [0.5, 0.6) is 0 Å². The van der Waals surface area contributed by atoms with Gasteiger partial charge in [-0.15, -0.1) is 0 Å². The van der Waals surface area contributed by atoms with Gasteiger partial charge in [0.25, 0.3) is 5.91 Å². The van der Waals surface area contributed by atoms with Crippen molar-refractivity contribution in [1.29, 1.82) is 0 Å². The fourth-order valence-electron chi connectivity index (χ4n) is 3.42. The molecule has 1 aliphatic rings. The summed E-state index contributed by atoms with van der Waals surface area (Å²) in [6.07, 6.45) is 0.0508. The number of nitrogens with zero attached hydrogens (tertiary/aromatic N) is 4. The Morgan fingerprint density at radius 1 is 1.17 bits per heavy atom. The zero-order valence-corrected chi connectivity index (χ0v) is 17.9. The molecule has 0 atom stereocenters. The monoisotopic (exact) mass is 413 g/mol. The number of nitrogens with two attached hydrogens (primary N) is 1. The summed E-state index contributed by atoms with van der Waals surface area (Å²) in [7, 11) is 1.66. The van der Waals surface area contributed by atoms with Gasteiger partial charge in [0.15, 0.2) is 0 Å². The first kappa shape index (κ1) is 21.4. The van der Waals surface area contributed by atoms with E-state index in [4.69, 9.17) is 10.5 Å². The summed E-state index contributed by atoms with van der Waals surface area (Å²) in [6.45, 7) is 7.36. The Bertz CT molecular complexity index is 988. The van der Waals surface area contributed by atoms with E-state index in [-0.39, 0.29) is 12.2 Å². The van der Waals surface area contributed by atoms with E-state index >= 15 is 0 Å². The number of fused-ring (bicyclic) bond motifs is 1. The number of carbonyl (C=O) groups is 3. The molecular formula is C21H27N5O4. The summed E-state index contributed by atoms with van der Waals surface area (Å²) in [4.78, 5) is 40.9. The van der Waals surface area contributed by atoms with Crippen LogP contribution in [0.15, 0.2) is 24.3 Å². The number of hydrogen-bond acceptors (Lipinski definition) is 6. The van der Waals surface area contributed by atoms with E-state index in [0.29, 0.717) is 29.9 Å². The molecule has 0 fully saturated rings. The third-order valence-electron chi connectivity index (χ3n) is 4.72. The standard InChI is InChI=1S/C21H27N5O4/c1-13(27)26(15-8-6-14(22)7-9-15)19(28)18-16-12-25(20(29)30-21(2,3)4)11-10-17(16)23-24(18)5/h6-9H,10-12,22H2,1-5H3. The van der Waals surface area contributed by atoms with Crippen molar-refractivity contribution >= 4 is 29.3 Å². The summed E-state index contributed by atoms with van der Waals surface area (Å²) in [5.74, 6) is -0.936. The number of aryl methyl sites for hydroxylation is 1. The second-order valence-electron chi connectivity index (χ2n) is 8.30. The lowest BCUT2D eigenvalue weighted by Crippen LogP contribution is -2.41. The molecule has 9 heteroatoms. The van der Waals surface area contributed by atoms with Crippen molar-refractivity contribution in [1.82, 2.24) is 14.7 Å². The minimum absolute atomic E-state index is 0.187. The van der Waals surface area contributed by atoms with Gasteiger partial charge in [0.2, 0.25) is 5.91 Å². The Morgan fingerprint density at radius 3 is 2.37 bits per heavy atom. The molecule has 0 radical (unpaired) electrons.